The van der Waals surface area contributed by atoms with Crippen LogP contribution in [0.3, 0.4) is 0 Å². The van der Waals surface area contributed by atoms with Crippen LogP contribution in [-0.4, -0.2) is 69.9 Å². The first-order valence-electron chi connectivity index (χ1n) is 12.7. The van der Waals surface area contributed by atoms with Crippen molar-refractivity contribution in [1.82, 2.24) is 23.6 Å². The highest BCUT2D eigenvalue weighted by atomic mass is 16.5. The highest BCUT2D eigenvalue weighted by Gasteiger charge is 2.28. The summed E-state index contributed by atoms with van der Waals surface area (Å²) < 4.78 is 15.0. The van der Waals surface area contributed by atoms with E-state index in [9.17, 15) is 14.4 Å². The van der Waals surface area contributed by atoms with Crippen molar-refractivity contribution in [3.8, 4) is 11.5 Å². The molecule has 4 aromatic rings. The summed E-state index contributed by atoms with van der Waals surface area (Å²) >= 11 is 0. The van der Waals surface area contributed by atoms with Crippen molar-refractivity contribution in [2.45, 2.75) is 13.5 Å². The molecule has 0 unspecified atom stereocenters. The molecule has 0 N–H and O–H groups in total. The summed E-state index contributed by atoms with van der Waals surface area (Å²) in [5, 5.41) is 0. The molecule has 0 radical (unpaired) electrons. The standard InChI is InChI=1S/C28H32N6O5/c1-18-6-8-19(9-7-18)17-34-23-24(30(2)28(37)31(3)26(23)36)29-27(34)33-14-12-32(13-15-33)25(35)20-10-11-21(38-4)22(16-20)39-5/h6-11,16H,12-15,17H2,1-5H3. The van der Waals surface area contributed by atoms with E-state index in [1.165, 1.54) is 18.7 Å². The molecule has 0 aliphatic carbocycles. The second kappa shape index (κ2) is 10.3. The molecule has 11 nitrogen and oxygen atoms in total. The van der Waals surface area contributed by atoms with Crippen LogP contribution in [0.5, 0.6) is 11.5 Å². The molecular formula is C28H32N6O5. The molecule has 5 rings (SSSR count). The number of carbonyl (C=O) groups excluding carboxylic acids is 1. The lowest BCUT2D eigenvalue weighted by Crippen LogP contribution is -2.49. The van der Waals surface area contributed by atoms with Crippen LogP contribution in [0.1, 0.15) is 21.5 Å². The van der Waals surface area contributed by atoms with Crippen LogP contribution >= 0.6 is 0 Å². The van der Waals surface area contributed by atoms with Crippen LogP contribution in [0.4, 0.5) is 5.95 Å². The van der Waals surface area contributed by atoms with E-state index in [1.807, 2.05) is 35.8 Å². The molecule has 1 aliphatic rings. The Bertz CT molecular complexity index is 1660. The van der Waals surface area contributed by atoms with Crippen molar-refractivity contribution >= 4 is 23.0 Å². The Labute approximate surface area is 225 Å². The van der Waals surface area contributed by atoms with Gasteiger partial charge in [-0.05, 0) is 30.7 Å². The van der Waals surface area contributed by atoms with Gasteiger partial charge in [-0.3, -0.25) is 23.3 Å². The van der Waals surface area contributed by atoms with Gasteiger partial charge in [0.1, 0.15) is 0 Å². The van der Waals surface area contributed by atoms with Gasteiger partial charge in [-0.2, -0.15) is 4.98 Å². The molecule has 3 heterocycles. The number of imidazole rings is 1. The molecule has 204 valence electrons. The van der Waals surface area contributed by atoms with Crippen molar-refractivity contribution in [1.29, 1.82) is 0 Å². The van der Waals surface area contributed by atoms with Gasteiger partial charge >= 0.3 is 5.69 Å². The molecule has 1 fully saturated rings. The van der Waals surface area contributed by atoms with E-state index in [2.05, 4.69) is 4.90 Å². The molecule has 39 heavy (non-hydrogen) atoms. The van der Waals surface area contributed by atoms with Crippen LogP contribution in [0.2, 0.25) is 0 Å². The van der Waals surface area contributed by atoms with Crippen molar-refractivity contribution in [3.63, 3.8) is 0 Å². The SMILES string of the molecule is COc1ccc(C(=O)N2CCN(c3nc4c(c(=O)n(C)c(=O)n4C)n3Cc3ccc(C)cc3)CC2)cc1OC. The number of piperazine rings is 1. The summed E-state index contributed by atoms with van der Waals surface area (Å²) in [5.41, 5.74) is 2.58. The first-order chi connectivity index (χ1) is 18.7. The minimum absolute atomic E-state index is 0.0972. The van der Waals surface area contributed by atoms with Crippen LogP contribution in [0.15, 0.2) is 52.1 Å². The summed E-state index contributed by atoms with van der Waals surface area (Å²) in [4.78, 5) is 47.8. The van der Waals surface area contributed by atoms with E-state index >= 15 is 0 Å². The molecular weight excluding hydrogens is 500 g/mol. The molecule has 0 spiro atoms. The molecule has 0 saturated carbocycles. The molecule has 0 atom stereocenters. The van der Waals surface area contributed by atoms with Gasteiger partial charge in [0.25, 0.3) is 11.5 Å². The summed E-state index contributed by atoms with van der Waals surface area (Å²) in [6, 6.07) is 13.2. The number of hydrogen-bond donors (Lipinski definition) is 0. The fourth-order valence-electron chi connectivity index (χ4n) is 4.96. The molecule has 2 aromatic heterocycles. The smallest absolute Gasteiger partial charge is 0.332 e. The maximum absolute atomic E-state index is 13.3. The Kier molecular flexibility index (Phi) is 6.90. The fraction of sp³-hybridized carbons (Fsp3) is 0.357. The normalized spacial score (nSPS) is 13.7. The number of hydrogen-bond acceptors (Lipinski definition) is 7. The van der Waals surface area contributed by atoms with Gasteiger partial charge in [-0.1, -0.05) is 29.8 Å². The summed E-state index contributed by atoms with van der Waals surface area (Å²) in [7, 11) is 6.19. The summed E-state index contributed by atoms with van der Waals surface area (Å²) in [5.74, 6) is 1.56. The Morgan fingerprint density at radius 2 is 1.56 bits per heavy atom. The molecule has 2 aromatic carbocycles. The second-order valence-corrected chi connectivity index (χ2v) is 9.71. The van der Waals surface area contributed by atoms with E-state index in [0.29, 0.717) is 66.9 Å². The summed E-state index contributed by atoms with van der Waals surface area (Å²) in [6.45, 7) is 4.42. The predicted molar refractivity (Wildman–Crippen MR) is 148 cm³/mol. The zero-order chi connectivity index (χ0) is 27.8. The monoisotopic (exact) mass is 532 g/mol. The Balaban J connectivity index is 1.47. The third-order valence-electron chi connectivity index (χ3n) is 7.27. The van der Waals surface area contributed by atoms with Gasteiger partial charge < -0.3 is 19.3 Å². The topological polar surface area (TPSA) is 104 Å². The molecule has 11 heteroatoms. The van der Waals surface area contributed by atoms with Crippen LogP contribution in [-0.2, 0) is 20.6 Å². The Hall–Kier alpha value is -4.54. The van der Waals surface area contributed by atoms with Crippen molar-refractivity contribution in [2.75, 3.05) is 45.3 Å². The number of anilines is 1. The van der Waals surface area contributed by atoms with Gasteiger partial charge in [-0.15, -0.1) is 0 Å². The van der Waals surface area contributed by atoms with E-state index in [4.69, 9.17) is 14.5 Å². The molecule has 0 bridgehead atoms. The van der Waals surface area contributed by atoms with E-state index < -0.39 is 5.69 Å². The zero-order valence-corrected chi connectivity index (χ0v) is 22.8. The van der Waals surface area contributed by atoms with Crippen LogP contribution in [0, 0.1) is 6.92 Å². The largest absolute Gasteiger partial charge is 0.493 e. The number of amides is 1. The number of fused-ring (bicyclic) bond motifs is 1. The number of rotatable bonds is 6. The molecule has 1 aliphatic heterocycles. The lowest BCUT2D eigenvalue weighted by molar-refractivity contribution is 0.0745. The van der Waals surface area contributed by atoms with Gasteiger partial charge in [0.05, 0.1) is 20.8 Å². The third-order valence-corrected chi connectivity index (χ3v) is 7.27. The summed E-state index contributed by atoms with van der Waals surface area (Å²) in [6.07, 6.45) is 0. The first kappa shape index (κ1) is 26.1. The highest BCUT2D eigenvalue weighted by molar-refractivity contribution is 5.95. The van der Waals surface area contributed by atoms with Crippen molar-refractivity contribution < 1.29 is 14.3 Å². The minimum Gasteiger partial charge on any atom is -0.493 e. The van der Waals surface area contributed by atoms with Gasteiger partial charge in [-0.25, -0.2) is 4.79 Å². The fourth-order valence-corrected chi connectivity index (χ4v) is 4.96. The molecule has 1 saturated heterocycles. The maximum Gasteiger partial charge on any atom is 0.332 e. The van der Waals surface area contributed by atoms with Crippen molar-refractivity contribution in [3.05, 3.63) is 80.0 Å². The van der Waals surface area contributed by atoms with Crippen molar-refractivity contribution in [2.24, 2.45) is 14.1 Å². The van der Waals surface area contributed by atoms with E-state index in [-0.39, 0.29) is 11.5 Å². The quantitative estimate of drug-likeness (QED) is 0.373. The second-order valence-electron chi connectivity index (χ2n) is 9.71. The molecule has 1 amide bonds. The number of methoxy groups -OCH3 is 2. The lowest BCUT2D eigenvalue weighted by Gasteiger charge is -2.35. The minimum atomic E-state index is -0.427. The Morgan fingerprint density at radius 3 is 2.21 bits per heavy atom. The van der Waals surface area contributed by atoms with E-state index in [1.54, 1.807) is 37.3 Å². The zero-order valence-electron chi connectivity index (χ0n) is 22.8. The number of nitrogens with zero attached hydrogens (tertiary/aromatic N) is 6. The number of aromatic nitrogens is 4. The van der Waals surface area contributed by atoms with Gasteiger partial charge in [0.15, 0.2) is 22.7 Å². The number of aryl methyl sites for hydroxylation is 2. The van der Waals surface area contributed by atoms with Crippen LogP contribution in [0.25, 0.3) is 11.2 Å². The van der Waals surface area contributed by atoms with E-state index in [0.717, 1.165) is 15.7 Å². The number of ether oxygens (including phenoxy) is 2. The average molecular weight is 533 g/mol. The average Bonchev–Trinajstić information content (AvgIpc) is 3.34. The first-order valence-corrected chi connectivity index (χ1v) is 12.7. The maximum atomic E-state index is 13.3. The third kappa shape index (κ3) is 4.64. The van der Waals surface area contributed by atoms with Gasteiger partial charge in [0, 0.05) is 45.8 Å². The Morgan fingerprint density at radius 1 is 0.897 bits per heavy atom. The highest BCUT2D eigenvalue weighted by Crippen LogP contribution is 2.29. The number of carbonyl (C=O) groups is 1. The number of benzene rings is 2. The predicted octanol–water partition coefficient (Wildman–Crippen LogP) is 1.77. The van der Waals surface area contributed by atoms with Crippen LogP contribution < -0.4 is 25.6 Å². The van der Waals surface area contributed by atoms with Gasteiger partial charge in [0.2, 0.25) is 5.95 Å². The lowest BCUT2D eigenvalue weighted by atomic mass is 10.1.